The quantitative estimate of drug-likeness (QED) is 0.859. The number of benzene rings is 1. The van der Waals surface area contributed by atoms with Gasteiger partial charge in [-0.1, -0.05) is 6.07 Å². The van der Waals surface area contributed by atoms with Crippen molar-refractivity contribution in [3.05, 3.63) is 29.3 Å². The molecule has 116 valence electrons. The summed E-state index contributed by atoms with van der Waals surface area (Å²) in [5, 5.41) is 10.2. The second-order valence-corrected chi connectivity index (χ2v) is 6.76. The fraction of sp³-hybridized carbons (Fsp3) is 0.667. The molecule has 1 saturated heterocycles. The van der Waals surface area contributed by atoms with E-state index >= 15 is 0 Å². The van der Waals surface area contributed by atoms with E-state index in [9.17, 15) is 5.11 Å². The van der Waals surface area contributed by atoms with Gasteiger partial charge in [-0.15, -0.1) is 0 Å². The molecule has 0 aromatic heterocycles. The lowest BCUT2D eigenvalue weighted by Gasteiger charge is -2.31. The fourth-order valence-corrected chi connectivity index (χ4v) is 3.75. The number of hydrogen-bond donors (Lipinski definition) is 2. The van der Waals surface area contributed by atoms with Gasteiger partial charge in [0.15, 0.2) is 0 Å². The number of quaternary nitrogens is 1. The molecule has 1 aliphatic heterocycles. The van der Waals surface area contributed by atoms with Gasteiger partial charge < -0.3 is 14.7 Å². The zero-order valence-corrected chi connectivity index (χ0v) is 13.1. The molecule has 21 heavy (non-hydrogen) atoms. The van der Waals surface area contributed by atoms with Gasteiger partial charge in [0.25, 0.3) is 0 Å². The Morgan fingerprint density at radius 1 is 1.24 bits per heavy atom. The van der Waals surface area contributed by atoms with Crippen molar-refractivity contribution >= 4 is 0 Å². The maximum Gasteiger partial charge on any atom is 0.137 e. The number of fused-ring (bicyclic) bond motifs is 1. The predicted molar refractivity (Wildman–Crippen MR) is 84.0 cm³/mol. The summed E-state index contributed by atoms with van der Waals surface area (Å²) in [6.07, 6.45) is 7.18. The molecular formula is C18H28NO2+. The second kappa shape index (κ2) is 6.80. The lowest BCUT2D eigenvalue weighted by Crippen LogP contribution is -3.17. The summed E-state index contributed by atoms with van der Waals surface area (Å²) >= 11 is 0. The first-order valence-corrected chi connectivity index (χ1v) is 8.49. The van der Waals surface area contributed by atoms with Crippen LogP contribution in [0, 0.1) is 0 Å². The highest BCUT2D eigenvalue weighted by Crippen LogP contribution is 2.25. The Bertz CT molecular complexity index is 474. The van der Waals surface area contributed by atoms with Gasteiger partial charge in [0.2, 0.25) is 0 Å². The molecule has 3 rings (SSSR count). The maximum atomic E-state index is 10.2. The molecule has 1 aromatic carbocycles. The van der Waals surface area contributed by atoms with Gasteiger partial charge in [0, 0.05) is 0 Å². The van der Waals surface area contributed by atoms with E-state index in [0.29, 0.717) is 12.6 Å². The standard InChI is InChI=1S/C18H27NO2/c1-14-5-2-3-10-19(14)12-17(20)13-21-18-9-8-15-6-4-7-16(15)11-18/h8-9,11,14,17,20H,2-7,10,12-13H2,1H3/p+1/t14-,17+/m1/s1. The molecule has 2 N–H and O–H groups in total. The fourth-order valence-electron chi connectivity index (χ4n) is 3.75. The summed E-state index contributed by atoms with van der Waals surface area (Å²) in [5.41, 5.74) is 2.90. The largest absolute Gasteiger partial charge is 0.491 e. The van der Waals surface area contributed by atoms with Gasteiger partial charge in [-0.2, -0.15) is 0 Å². The van der Waals surface area contributed by atoms with E-state index in [1.807, 2.05) is 6.07 Å². The lowest BCUT2D eigenvalue weighted by molar-refractivity contribution is -0.931. The summed E-state index contributed by atoms with van der Waals surface area (Å²) in [6.45, 7) is 4.71. The van der Waals surface area contributed by atoms with E-state index in [-0.39, 0.29) is 6.10 Å². The van der Waals surface area contributed by atoms with Crippen molar-refractivity contribution in [2.45, 2.75) is 57.6 Å². The van der Waals surface area contributed by atoms with Crippen molar-refractivity contribution in [1.29, 1.82) is 0 Å². The highest BCUT2D eigenvalue weighted by molar-refractivity contribution is 5.38. The molecule has 0 bridgehead atoms. The molecule has 0 saturated carbocycles. The van der Waals surface area contributed by atoms with Crippen molar-refractivity contribution in [2.24, 2.45) is 0 Å². The second-order valence-electron chi connectivity index (χ2n) is 6.76. The minimum Gasteiger partial charge on any atom is -0.491 e. The van der Waals surface area contributed by atoms with Crippen LogP contribution in [-0.2, 0) is 12.8 Å². The van der Waals surface area contributed by atoms with Crippen LogP contribution in [0.15, 0.2) is 18.2 Å². The zero-order chi connectivity index (χ0) is 14.7. The SMILES string of the molecule is C[C@@H]1CCCC[NH+]1C[C@H](O)COc1ccc2c(c1)CCC2. The van der Waals surface area contributed by atoms with Crippen molar-refractivity contribution in [1.82, 2.24) is 0 Å². The van der Waals surface area contributed by atoms with Crippen LogP contribution in [-0.4, -0.2) is 36.9 Å². The Morgan fingerprint density at radius 3 is 2.95 bits per heavy atom. The van der Waals surface area contributed by atoms with Gasteiger partial charge in [-0.05, 0) is 68.7 Å². The predicted octanol–water partition coefficient (Wildman–Crippen LogP) is 1.37. The number of ether oxygens (including phenoxy) is 1. The molecule has 1 unspecified atom stereocenters. The third-order valence-electron chi connectivity index (χ3n) is 5.09. The summed E-state index contributed by atoms with van der Waals surface area (Å²) in [5.74, 6) is 0.913. The summed E-state index contributed by atoms with van der Waals surface area (Å²) in [7, 11) is 0. The Hall–Kier alpha value is -1.06. The highest BCUT2D eigenvalue weighted by atomic mass is 16.5. The molecule has 1 aromatic rings. The van der Waals surface area contributed by atoms with Crippen LogP contribution in [0.2, 0.25) is 0 Å². The summed E-state index contributed by atoms with van der Waals surface area (Å²) in [4.78, 5) is 1.53. The maximum absolute atomic E-state index is 10.2. The van der Waals surface area contributed by atoms with Gasteiger partial charge >= 0.3 is 0 Å². The number of aliphatic hydroxyl groups excluding tert-OH is 1. The molecule has 1 aliphatic carbocycles. The van der Waals surface area contributed by atoms with E-state index in [1.54, 1.807) is 0 Å². The average molecular weight is 290 g/mol. The van der Waals surface area contributed by atoms with Crippen molar-refractivity contribution < 1.29 is 14.7 Å². The molecule has 1 fully saturated rings. The third kappa shape index (κ3) is 3.78. The molecule has 3 atom stereocenters. The number of aliphatic hydroxyl groups is 1. The number of piperidine rings is 1. The van der Waals surface area contributed by atoms with Gasteiger partial charge in [-0.25, -0.2) is 0 Å². The van der Waals surface area contributed by atoms with E-state index < -0.39 is 0 Å². The lowest BCUT2D eigenvalue weighted by atomic mass is 10.0. The Balaban J connectivity index is 1.48. The minimum absolute atomic E-state index is 0.367. The molecule has 0 amide bonds. The Kier molecular flexibility index (Phi) is 4.81. The van der Waals surface area contributed by atoms with Crippen LogP contribution in [0.1, 0.15) is 43.7 Å². The number of hydrogen-bond acceptors (Lipinski definition) is 2. The van der Waals surface area contributed by atoms with E-state index in [0.717, 1.165) is 12.3 Å². The average Bonchev–Trinajstić information content (AvgIpc) is 2.95. The van der Waals surface area contributed by atoms with Crippen LogP contribution >= 0.6 is 0 Å². The van der Waals surface area contributed by atoms with Gasteiger partial charge in [0.05, 0.1) is 12.6 Å². The van der Waals surface area contributed by atoms with E-state index in [2.05, 4.69) is 19.1 Å². The Morgan fingerprint density at radius 2 is 2.10 bits per heavy atom. The van der Waals surface area contributed by atoms with Crippen LogP contribution in [0.3, 0.4) is 0 Å². The molecular weight excluding hydrogens is 262 g/mol. The Labute approximate surface area is 127 Å². The topological polar surface area (TPSA) is 33.9 Å². The van der Waals surface area contributed by atoms with Gasteiger partial charge in [-0.3, -0.25) is 0 Å². The monoisotopic (exact) mass is 290 g/mol. The van der Waals surface area contributed by atoms with Crippen LogP contribution < -0.4 is 9.64 Å². The van der Waals surface area contributed by atoms with Crippen LogP contribution in [0.5, 0.6) is 5.75 Å². The zero-order valence-electron chi connectivity index (χ0n) is 13.1. The molecule has 0 radical (unpaired) electrons. The molecule has 3 heteroatoms. The highest BCUT2D eigenvalue weighted by Gasteiger charge is 2.24. The smallest absolute Gasteiger partial charge is 0.137 e. The molecule has 3 nitrogen and oxygen atoms in total. The molecule has 2 aliphatic rings. The number of nitrogens with one attached hydrogen (secondary N) is 1. The number of aryl methyl sites for hydroxylation is 2. The van der Waals surface area contributed by atoms with Crippen molar-refractivity contribution in [2.75, 3.05) is 19.7 Å². The summed E-state index contributed by atoms with van der Waals surface area (Å²) in [6, 6.07) is 7.06. The molecule has 1 heterocycles. The first-order valence-electron chi connectivity index (χ1n) is 8.49. The third-order valence-corrected chi connectivity index (χ3v) is 5.09. The number of likely N-dealkylation sites (tertiary alicyclic amines) is 1. The van der Waals surface area contributed by atoms with E-state index in [4.69, 9.17) is 4.74 Å². The van der Waals surface area contributed by atoms with Gasteiger partial charge in [0.1, 0.15) is 25.0 Å². The minimum atomic E-state index is -0.367. The normalized spacial score (nSPS) is 26.4. The molecule has 0 spiro atoms. The summed E-state index contributed by atoms with van der Waals surface area (Å²) < 4.78 is 5.81. The van der Waals surface area contributed by atoms with Crippen LogP contribution in [0.25, 0.3) is 0 Å². The van der Waals surface area contributed by atoms with Crippen molar-refractivity contribution in [3.8, 4) is 5.75 Å². The first-order chi connectivity index (χ1) is 10.2. The number of rotatable bonds is 5. The first kappa shape index (κ1) is 14.9. The van der Waals surface area contributed by atoms with E-state index in [1.165, 1.54) is 61.1 Å². The van der Waals surface area contributed by atoms with Crippen LogP contribution in [0.4, 0.5) is 0 Å². The van der Waals surface area contributed by atoms with Crippen molar-refractivity contribution in [3.63, 3.8) is 0 Å².